The Balaban J connectivity index is 1.95. The van der Waals surface area contributed by atoms with E-state index in [9.17, 15) is 14.9 Å². The first-order valence-corrected chi connectivity index (χ1v) is 9.67. The van der Waals surface area contributed by atoms with Gasteiger partial charge in [0.15, 0.2) is 17.3 Å². The molecule has 0 radical (unpaired) electrons. The zero-order valence-corrected chi connectivity index (χ0v) is 17.6. The number of nitro groups is 1. The highest BCUT2D eigenvalue weighted by Gasteiger charge is 2.27. The lowest BCUT2D eigenvalue weighted by molar-refractivity contribution is -0.384. The minimum Gasteiger partial charge on any atom is -0.493 e. The molecule has 0 unspecified atom stereocenters. The summed E-state index contributed by atoms with van der Waals surface area (Å²) in [5.41, 5.74) is 2.52. The van der Waals surface area contributed by atoms with Crippen LogP contribution < -0.4 is 9.47 Å². The molecule has 0 bridgehead atoms. The summed E-state index contributed by atoms with van der Waals surface area (Å²) in [5, 5.41) is 23.8. The third kappa shape index (κ3) is 3.64. The van der Waals surface area contributed by atoms with Crippen molar-refractivity contribution in [1.29, 1.82) is 0 Å². The van der Waals surface area contributed by atoms with Crippen LogP contribution in [0.3, 0.4) is 0 Å². The Morgan fingerprint density at radius 1 is 1.12 bits per heavy atom. The van der Waals surface area contributed by atoms with Crippen LogP contribution in [0.5, 0.6) is 11.5 Å². The molecule has 2 heterocycles. The highest BCUT2D eigenvalue weighted by Crippen LogP contribution is 2.34. The maximum Gasteiger partial charge on any atom is 0.378 e. The van der Waals surface area contributed by atoms with Crippen LogP contribution in [-0.2, 0) is 11.2 Å². The van der Waals surface area contributed by atoms with Crippen molar-refractivity contribution in [2.45, 2.75) is 13.3 Å². The molecule has 0 fully saturated rings. The molecule has 0 atom stereocenters. The van der Waals surface area contributed by atoms with Crippen LogP contribution in [0.15, 0.2) is 41.5 Å². The summed E-state index contributed by atoms with van der Waals surface area (Å²) in [6.45, 7) is 1.87. The molecule has 32 heavy (non-hydrogen) atoms. The first-order valence-electron chi connectivity index (χ1n) is 9.67. The SMILES string of the molecule is CCOC(=O)c1nnc2n1N=C(c1ccc([N+](=O)[O-])cc1)c1cc(OC)c(OC)cc1C2. The van der Waals surface area contributed by atoms with Gasteiger partial charge in [-0.2, -0.15) is 9.78 Å². The van der Waals surface area contributed by atoms with E-state index in [0.29, 0.717) is 40.6 Å². The Morgan fingerprint density at radius 2 is 1.81 bits per heavy atom. The highest BCUT2D eigenvalue weighted by atomic mass is 16.6. The number of non-ortho nitro benzene ring substituents is 1. The van der Waals surface area contributed by atoms with Gasteiger partial charge in [0.05, 0.1) is 31.5 Å². The number of aromatic nitrogens is 3. The zero-order valence-electron chi connectivity index (χ0n) is 17.6. The van der Waals surface area contributed by atoms with E-state index in [1.807, 2.05) is 6.07 Å². The minimum absolute atomic E-state index is 0.0484. The average Bonchev–Trinajstić information content (AvgIpc) is 3.12. The van der Waals surface area contributed by atoms with Crippen molar-refractivity contribution in [3.05, 3.63) is 74.9 Å². The summed E-state index contributed by atoms with van der Waals surface area (Å²) in [7, 11) is 3.06. The summed E-state index contributed by atoms with van der Waals surface area (Å²) in [6.07, 6.45) is 0.308. The first kappa shape index (κ1) is 21.0. The number of carbonyl (C=O) groups excluding carboxylic acids is 1. The lowest BCUT2D eigenvalue weighted by atomic mass is 9.95. The van der Waals surface area contributed by atoms with Crippen molar-refractivity contribution in [3.63, 3.8) is 0 Å². The Kier molecular flexibility index (Phi) is 5.54. The number of rotatable bonds is 6. The van der Waals surface area contributed by atoms with Gasteiger partial charge in [0.1, 0.15) is 0 Å². The Labute approximate surface area is 182 Å². The second-order valence-electron chi connectivity index (χ2n) is 6.77. The number of hydrogen-bond donors (Lipinski definition) is 0. The Bertz CT molecular complexity index is 1230. The summed E-state index contributed by atoms with van der Waals surface area (Å²) in [6, 6.07) is 9.56. The molecule has 11 heteroatoms. The van der Waals surface area contributed by atoms with Gasteiger partial charge in [-0.05, 0) is 36.8 Å². The van der Waals surface area contributed by atoms with E-state index in [-0.39, 0.29) is 18.1 Å². The number of carbonyl (C=O) groups is 1. The molecule has 0 aliphatic carbocycles. The van der Waals surface area contributed by atoms with E-state index in [1.165, 1.54) is 31.0 Å². The van der Waals surface area contributed by atoms with Crippen LogP contribution in [0.2, 0.25) is 0 Å². The molecule has 1 aliphatic heterocycles. The molecule has 2 aromatic carbocycles. The van der Waals surface area contributed by atoms with Gasteiger partial charge >= 0.3 is 5.97 Å². The van der Waals surface area contributed by atoms with Crippen LogP contribution in [-0.4, -0.2) is 52.3 Å². The summed E-state index contributed by atoms with van der Waals surface area (Å²) in [4.78, 5) is 23.0. The molecule has 164 valence electrons. The largest absolute Gasteiger partial charge is 0.493 e. The molecule has 1 aliphatic rings. The van der Waals surface area contributed by atoms with Crippen molar-refractivity contribution in [1.82, 2.24) is 14.9 Å². The van der Waals surface area contributed by atoms with Crippen molar-refractivity contribution in [2.75, 3.05) is 20.8 Å². The van der Waals surface area contributed by atoms with Crippen molar-refractivity contribution >= 4 is 17.4 Å². The molecular formula is C21H19N5O6. The molecule has 4 rings (SSSR count). The van der Waals surface area contributed by atoms with E-state index in [4.69, 9.17) is 14.2 Å². The molecule has 3 aromatic rings. The van der Waals surface area contributed by atoms with Crippen LogP contribution in [0.4, 0.5) is 5.69 Å². The maximum atomic E-state index is 12.4. The third-order valence-electron chi connectivity index (χ3n) is 4.93. The molecule has 0 spiro atoms. The lowest BCUT2D eigenvalue weighted by Crippen LogP contribution is -2.14. The highest BCUT2D eigenvalue weighted by molar-refractivity contribution is 6.14. The van der Waals surface area contributed by atoms with Crippen molar-refractivity contribution in [2.24, 2.45) is 5.10 Å². The van der Waals surface area contributed by atoms with Gasteiger partial charge in [0, 0.05) is 29.7 Å². The second kappa shape index (κ2) is 8.46. The molecular weight excluding hydrogens is 418 g/mol. The summed E-state index contributed by atoms with van der Waals surface area (Å²) >= 11 is 0. The molecule has 0 N–H and O–H groups in total. The smallest absolute Gasteiger partial charge is 0.378 e. The normalized spacial score (nSPS) is 12.2. The predicted molar refractivity (Wildman–Crippen MR) is 112 cm³/mol. The van der Waals surface area contributed by atoms with E-state index in [0.717, 1.165) is 5.56 Å². The number of esters is 1. The second-order valence-corrected chi connectivity index (χ2v) is 6.77. The van der Waals surface area contributed by atoms with Gasteiger partial charge in [-0.1, -0.05) is 0 Å². The number of nitro benzene ring substituents is 1. The van der Waals surface area contributed by atoms with Gasteiger partial charge in [0.2, 0.25) is 0 Å². The van der Waals surface area contributed by atoms with Crippen LogP contribution in [0.1, 0.15) is 40.1 Å². The fourth-order valence-electron chi connectivity index (χ4n) is 3.42. The average molecular weight is 437 g/mol. The number of fused-ring (bicyclic) bond motifs is 2. The fourth-order valence-corrected chi connectivity index (χ4v) is 3.42. The quantitative estimate of drug-likeness (QED) is 0.255. The predicted octanol–water partition coefficient (Wildman–Crippen LogP) is 2.59. The number of nitrogens with zero attached hydrogens (tertiary/aromatic N) is 5. The number of benzene rings is 2. The third-order valence-corrected chi connectivity index (χ3v) is 4.93. The first-order chi connectivity index (χ1) is 15.5. The standard InChI is InChI=1S/C21H19N5O6/c1-4-32-21(27)20-23-22-18-10-13-9-16(30-2)17(31-3)11-15(13)19(24-25(18)20)12-5-7-14(8-6-12)26(28)29/h5-9,11H,4,10H2,1-3H3. The minimum atomic E-state index is -0.654. The fraction of sp³-hybridized carbons (Fsp3) is 0.238. The van der Waals surface area contributed by atoms with Gasteiger partial charge < -0.3 is 14.2 Å². The van der Waals surface area contributed by atoms with E-state index >= 15 is 0 Å². The zero-order chi connectivity index (χ0) is 22.8. The molecule has 0 amide bonds. The van der Waals surface area contributed by atoms with Crippen LogP contribution in [0.25, 0.3) is 0 Å². The molecule has 11 nitrogen and oxygen atoms in total. The van der Waals surface area contributed by atoms with Gasteiger partial charge in [-0.3, -0.25) is 10.1 Å². The maximum absolute atomic E-state index is 12.4. The van der Waals surface area contributed by atoms with Gasteiger partial charge in [-0.25, -0.2) is 4.79 Å². The van der Waals surface area contributed by atoms with E-state index < -0.39 is 10.9 Å². The monoisotopic (exact) mass is 437 g/mol. The number of ether oxygens (including phenoxy) is 3. The topological polar surface area (TPSA) is 131 Å². The van der Waals surface area contributed by atoms with Crippen molar-refractivity contribution in [3.8, 4) is 11.5 Å². The van der Waals surface area contributed by atoms with Crippen LogP contribution in [0, 0.1) is 10.1 Å². The van der Waals surface area contributed by atoms with E-state index in [2.05, 4.69) is 15.3 Å². The molecule has 0 saturated heterocycles. The Morgan fingerprint density at radius 3 is 2.44 bits per heavy atom. The Hall–Kier alpha value is -4.28. The van der Waals surface area contributed by atoms with Crippen molar-refractivity contribution < 1.29 is 23.9 Å². The number of hydrogen-bond acceptors (Lipinski definition) is 9. The molecule has 1 aromatic heterocycles. The van der Waals surface area contributed by atoms with Gasteiger partial charge in [-0.15, -0.1) is 10.2 Å². The summed E-state index contributed by atoms with van der Waals surface area (Å²) < 4.78 is 17.3. The van der Waals surface area contributed by atoms with Crippen LogP contribution >= 0.6 is 0 Å². The number of methoxy groups -OCH3 is 2. The lowest BCUT2D eigenvalue weighted by Gasteiger charge is -2.14. The summed E-state index contributed by atoms with van der Waals surface area (Å²) in [5.74, 6) is 0.725. The molecule has 0 saturated carbocycles. The van der Waals surface area contributed by atoms with E-state index in [1.54, 1.807) is 25.1 Å². The van der Waals surface area contributed by atoms with Gasteiger partial charge in [0.25, 0.3) is 11.5 Å².